The Labute approximate surface area is 228 Å². The lowest BCUT2D eigenvalue weighted by Crippen LogP contribution is -2.54. The predicted octanol–water partition coefficient (Wildman–Crippen LogP) is 6.10. The molecule has 0 spiro atoms. The van der Waals surface area contributed by atoms with E-state index in [0.29, 0.717) is 21.9 Å². The highest BCUT2D eigenvalue weighted by Gasteiger charge is 2.49. The van der Waals surface area contributed by atoms with Crippen LogP contribution in [0.15, 0.2) is 90.1 Å². The Balaban J connectivity index is 1.75. The number of urea groups is 1. The summed E-state index contributed by atoms with van der Waals surface area (Å²) in [6.07, 6.45) is -4.10. The van der Waals surface area contributed by atoms with Crippen LogP contribution in [0.1, 0.15) is 47.6 Å². The summed E-state index contributed by atoms with van der Waals surface area (Å²) in [5, 5.41) is 9.24. The van der Waals surface area contributed by atoms with Crippen LogP contribution >= 0.6 is 0 Å². The summed E-state index contributed by atoms with van der Waals surface area (Å²) in [5.74, 6) is -0.987. The summed E-state index contributed by atoms with van der Waals surface area (Å²) < 4.78 is 69.3. The van der Waals surface area contributed by atoms with Gasteiger partial charge in [-0.25, -0.2) is 17.5 Å². The quantitative estimate of drug-likeness (QED) is 0.373. The third kappa shape index (κ3) is 4.98. The van der Waals surface area contributed by atoms with E-state index in [0.717, 1.165) is 23.1 Å². The number of amides is 2. The molecular weight excluding hydrogens is 543 g/mol. The van der Waals surface area contributed by atoms with Crippen molar-refractivity contribution in [2.24, 2.45) is 0 Å². The van der Waals surface area contributed by atoms with Crippen LogP contribution in [0.3, 0.4) is 0 Å². The molecule has 0 bridgehead atoms. The minimum absolute atomic E-state index is 0.0320. The number of carbonyl (C=O) groups is 2. The van der Waals surface area contributed by atoms with Crippen LogP contribution in [-0.4, -0.2) is 24.5 Å². The SMILES string of the molecule is N#Cc1ccc(C2C3=C(CCCC3=O)N(c3cccc(C(F)(F)F)c3)C(=O)N2S(=O)(=O)Cc2ccccc2)cc1. The first-order valence-corrected chi connectivity index (χ1v) is 14.0. The molecule has 1 unspecified atom stereocenters. The second kappa shape index (κ2) is 10.3. The molecule has 0 N–H and O–H groups in total. The molecule has 0 saturated heterocycles. The van der Waals surface area contributed by atoms with Gasteiger partial charge in [0.15, 0.2) is 5.78 Å². The van der Waals surface area contributed by atoms with Crippen LogP contribution in [0, 0.1) is 11.3 Å². The number of alkyl halides is 3. The zero-order chi connectivity index (χ0) is 28.7. The molecule has 1 aliphatic carbocycles. The zero-order valence-corrected chi connectivity index (χ0v) is 21.7. The Morgan fingerprint density at radius 2 is 1.62 bits per heavy atom. The van der Waals surface area contributed by atoms with Gasteiger partial charge in [-0.05, 0) is 54.3 Å². The first kappa shape index (κ1) is 27.1. The summed E-state index contributed by atoms with van der Waals surface area (Å²) >= 11 is 0. The van der Waals surface area contributed by atoms with Gasteiger partial charge < -0.3 is 0 Å². The largest absolute Gasteiger partial charge is 0.416 e. The van der Waals surface area contributed by atoms with Gasteiger partial charge in [-0.15, -0.1) is 0 Å². The van der Waals surface area contributed by atoms with E-state index in [1.54, 1.807) is 30.3 Å². The van der Waals surface area contributed by atoms with Crippen molar-refractivity contribution in [3.8, 4) is 6.07 Å². The van der Waals surface area contributed by atoms with Crippen molar-refractivity contribution in [1.82, 2.24) is 4.31 Å². The zero-order valence-electron chi connectivity index (χ0n) is 20.9. The van der Waals surface area contributed by atoms with Gasteiger partial charge >= 0.3 is 12.2 Å². The molecular formula is C29H22F3N3O4S. The molecule has 0 radical (unpaired) electrons. The number of benzene rings is 3. The van der Waals surface area contributed by atoms with Crippen LogP contribution in [0.4, 0.5) is 23.7 Å². The van der Waals surface area contributed by atoms with E-state index >= 15 is 0 Å². The summed E-state index contributed by atoms with van der Waals surface area (Å²) in [6, 6.07) is 17.6. The van der Waals surface area contributed by atoms with Gasteiger partial charge in [0.05, 0.1) is 28.6 Å². The molecule has 5 rings (SSSR count). The van der Waals surface area contributed by atoms with Crippen LogP contribution in [-0.2, 0) is 26.7 Å². The van der Waals surface area contributed by atoms with Gasteiger partial charge in [-0.3, -0.25) is 9.69 Å². The van der Waals surface area contributed by atoms with Crippen LogP contribution in [0.2, 0.25) is 0 Å². The molecule has 40 heavy (non-hydrogen) atoms. The number of Topliss-reactive ketones (excluding diaryl/α,β-unsaturated/α-hetero) is 1. The number of nitrogens with zero attached hydrogens (tertiary/aromatic N) is 3. The van der Waals surface area contributed by atoms with Gasteiger partial charge in [-0.1, -0.05) is 48.5 Å². The van der Waals surface area contributed by atoms with Crippen molar-refractivity contribution in [2.45, 2.75) is 37.2 Å². The topological polar surface area (TPSA) is 98.5 Å². The van der Waals surface area contributed by atoms with Crippen molar-refractivity contribution < 1.29 is 31.2 Å². The van der Waals surface area contributed by atoms with E-state index < -0.39 is 45.4 Å². The average Bonchev–Trinajstić information content (AvgIpc) is 2.92. The summed E-state index contributed by atoms with van der Waals surface area (Å²) in [4.78, 5) is 28.5. The molecule has 7 nitrogen and oxygen atoms in total. The predicted molar refractivity (Wildman–Crippen MR) is 140 cm³/mol. The molecule has 2 aliphatic rings. The molecule has 1 aliphatic heterocycles. The van der Waals surface area contributed by atoms with Crippen molar-refractivity contribution >= 4 is 27.5 Å². The van der Waals surface area contributed by atoms with Gasteiger partial charge in [0, 0.05) is 17.7 Å². The van der Waals surface area contributed by atoms with E-state index in [2.05, 4.69) is 0 Å². The number of allylic oxidation sites excluding steroid dienone is 1. The maximum Gasteiger partial charge on any atom is 0.416 e. The molecule has 3 aromatic rings. The number of rotatable bonds is 5. The number of ketones is 1. The van der Waals surface area contributed by atoms with Crippen LogP contribution < -0.4 is 4.90 Å². The fraction of sp³-hybridized carbons (Fsp3) is 0.207. The smallest absolute Gasteiger partial charge is 0.294 e. The first-order valence-electron chi connectivity index (χ1n) is 12.3. The van der Waals surface area contributed by atoms with E-state index in [1.807, 2.05) is 6.07 Å². The molecule has 0 aromatic heterocycles. The molecule has 0 saturated carbocycles. The lowest BCUT2D eigenvalue weighted by molar-refractivity contribution is -0.137. The highest BCUT2D eigenvalue weighted by molar-refractivity contribution is 7.88. The number of hydrogen-bond acceptors (Lipinski definition) is 5. The second-order valence-corrected chi connectivity index (χ2v) is 11.3. The van der Waals surface area contributed by atoms with Gasteiger partial charge in [-0.2, -0.15) is 18.4 Å². The lowest BCUT2D eigenvalue weighted by Gasteiger charge is -2.44. The molecule has 2 amide bonds. The number of carbonyl (C=O) groups excluding carboxylic acids is 2. The Kier molecular flexibility index (Phi) is 6.98. The standard InChI is InChI=1S/C29H22F3N3O4S/c30-29(31,32)22-8-4-9-23(16-22)34-24-10-5-11-25(36)26(24)27(21-14-12-19(17-33)13-15-21)35(28(34)37)40(38,39)18-20-6-2-1-3-7-20/h1-4,6-9,12-16,27H,5,10-11,18H2. The van der Waals surface area contributed by atoms with Crippen LogP contribution in [0.5, 0.6) is 0 Å². The van der Waals surface area contributed by atoms with Gasteiger partial charge in [0.2, 0.25) is 10.0 Å². The molecule has 0 fully saturated rings. The fourth-order valence-electron chi connectivity index (χ4n) is 5.09. The first-order chi connectivity index (χ1) is 19.0. The number of nitriles is 1. The van der Waals surface area contributed by atoms with E-state index in [1.165, 1.54) is 30.3 Å². The molecule has 1 atom stereocenters. The minimum atomic E-state index is -4.71. The Morgan fingerprint density at radius 1 is 0.925 bits per heavy atom. The Bertz CT molecular complexity index is 1660. The van der Waals surface area contributed by atoms with E-state index in [4.69, 9.17) is 0 Å². The Hall–Kier alpha value is -4.43. The summed E-state index contributed by atoms with van der Waals surface area (Å²) in [5.41, 5.74) is -0.0510. The number of halogens is 3. The highest BCUT2D eigenvalue weighted by atomic mass is 32.2. The normalized spacial score (nSPS) is 18.0. The second-order valence-electron chi connectivity index (χ2n) is 9.48. The minimum Gasteiger partial charge on any atom is -0.294 e. The molecule has 1 heterocycles. The van der Waals surface area contributed by atoms with Crippen molar-refractivity contribution in [3.05, 3.63) is 112 Å². The summed E-state index contributed by atoms with van der Waals surface area (Å²) in [7, 11) is -4.48. The third-order valence-electron chi connectivity index (χ3n) is 6.87. The third-order valence-corrected chi connectivity index (χ3v) is 8.53. The average molecular weight is 566 g/mol. The van der Waals surface area contributed by atoms with E-state index in [-0.39, 0.29) is 35.4 Å². The van der Waals surface area contributed by atoms with Crippen molar-refractivity contribution in [2.75, 3.05) is 4.90 Å². The van der Waals surface area contributed by atoms with Gasteiger partial charge in [0.25, 0.3) is 0 Å². The monoisotopic (exact) mass is 565 g/mol. The molecule has 11 heteroatoms. The fourth-order valence-corrected chi connectivity index (χ4v) is 6.72. The number of sulfonamides is 1. The highest BCUT2D eigenvalue weighted by Crippen LogP contribution is 2.46. The molecule has 204 valence electrons. The van der Waals surface area contributed by atoms with E-state index in [9.17, 15) is 36.4 Å². The maximum absolute atomic E-state index is 14.2. The van der Waals surface area contributed by atoms with Gasteiger partial charge in [0.1, 0.15) is 6.04 Å². The number of anilines is 1. The number of hydrogen-bond donors (Lipinski definition) is 0. The van der Waals surface area contributed by atoms with Crippen LogP contribution in [0.25, 0.3) is 0 Å². The molecule has 3 aromatic carbocycles. The van der Waals surface area contributed by atoms with Crippen molar-refractivity contribution in [3.63, 3.8) is 0 Å². The summed E-state index contributed by atoms with van der Waals surface area (Å²) in [6.45, 7) is 0. The maximum atomic E-state index is 14.2. The Morgan fingerprint density at radius 3 is 2.27 bits per heavy atom. The van der Waals surface area contributed by atoms with Crippen molar-refractivity contribution in [1.29, 1.82) is 5.26 Å². The lowest BCUT2D eigenvalue weighted by atomic mass is 9.84.